The molecule has 31 heavy (non-hydrogen) atoms. The summed E-state index contributed by atoms with van der Waals surface area (Å²) in [6.45, 7) is 7.29. The van der Waals surface area contributed by atoms with Gasteiger partial charge in [-0.05, 0) is 56.5 Å². The lowest BCUT2D eigenvalue weighted by Crippen LogP contribution is -2.46. The number of carbonyl (C=O) groups is 2. The van der Waals surface area contributed by atoms with Crippen LogP contribution < -0.4 is 15.0 Å². The fraction of sp³-hybridized carbons (Fsp3) is 0.458. The normalized spacial score (nSPS) is 16.5. The molecule has 4 rings (SSSR count). The van der Waals surface area contributed by atoms with E-state index in [1.165, 1.54) is 0 Å². The second kappa shape index (κ2) is 9.92. The number of hydrogen-bond acceptors (Lipinski definition) is 6. The van der Waals surface area contributed by atoms with Crippen molar-refractivity contribution < 1.29 is 14.3 Å². The molecule has 164 valence electrons. The Hall–Kier alpha value is -2.93. The average Bonchev–Trinajstić information content (AvgIpc) is 2.79. The number of hydrogen-bond donors (Lipinski definition) is 1. The number of pyridine rings is 1. The highest BCUT2D eigenvalue weighted by Gasteiger charge is 2.18. The second-order valence-electron chi connectivity index (χ2n) is 8.20. The highest BCUT2D eigenvalue weighted by Crippen LogP contribution is 2.23. The number of fused-ring (bicyclic) bond motifs is 1. The van der Waals surface area contributed by atoms with Crippen molar-refractivity contribution in [1.82, 2.24) is 9.88 Å². The molecule has 0 atom stereocenters. The molecule has 1 amide bonds. The van der Waals surface area contributed by atoms with E-state index < -0.39 is 0 Å². The van der Waals surface area contributed by atoms with E-state index in [1.54, 1.807) is 6.92 Å². The molecule has 1 aromatic carbocycles. The molecule has 1 fully saturated rings. The number of Topliss-reactive ketones (excluding diaryl/α,β-unsaturated/α-hetero) is 1. The average molecular weight is 423 g/mol. The van der Waals surface area contributed by atoms with E-state index in [1.807, 2.05) is 30.3 Å². The zero-order valence-corrected chi connectivity index (χ0v) is 18.1. The Morgan fingerprint density at radius 3 is 2.74 bits per heavy atom. The van der Waals surface area contributed by atoms with Crippen LogP contribution in [0.5, 0.6) is 5.88 Å². The van der Waals surface area contributed by atoms with Gasteiger partial charge < -0.3 is 15.0 Å². The summed E-state index contributed by atoms with van der Waals surface area (Å²) in [5.74, 6) is 1.34. The van der Waals surface area contributed by atoms with Crippen LogP contribution >= 0.6 is 0 Å². The number of amides is 1. The van der Waals surface area contributed by atoms with Crippen molar-refractivity contribution in [3.05, 3.63) is 47.5 Å². The molecule has 0 aliphatic carbocycles. The largest absolute Gasteiger partial charge is 0.478 e. The fourth-order valence-corrected chi connectivity index (χ4v) is 4.07. The molecule has 0 spiro atoms. The molecule has 1 N–H and O–H groups in total. The summed E-state index contributed by atoms with van der Waals surface area (Å²) in [4.78, 5) is 32.4. The third-order valence-electron chi connectivity index (χ3n) is 5.94. The first-order valence-corrected chi connectivity index (χ1v) is 11.1. The maximum Gasteiger partial charge on any atom is 0.225 e. The van der Waals surface area contributed by atoms with Crippen molar-refractivity contribution in [1.29, 1.82) is 0 Å². The van der Waals surface area contributed by atoms with Crippen molar-refractivity contribution in [3.63, 3.8) is 0 Å². The zero-order valence-electron chi connectivity index (χ0n) is 18.1. The number of unbranched alkanes of at least 4 members (excludes halogenated alkanes) is 1. The number of carbonyl (C=O) groups excluding carboxylic acids is 2. The number of nitrogens with zero attached hydrogens (tertiary/aromatic N) is 3. The van der Waals surface area contributed by atoms with Gasteiger partial charge in [-0.1, -0.05) is 12.1 Å². The predicted molar refractivity (Wildman–Crippen MR) is 121 cm³/mol. The van der Waals surface area contributed by atoms with Crippen LogP contribution in [0, 0.1) is 0 Å². The van der Waals surface area contributed by atoms with E-state index in [9.17, 15) is 9.59 Å². The molecule has 0 radical (unpaired) electrons. The zero-order chi connectivity index (χ0) is 21.6. The highest BCUT2D eigenvalue weighted by molar-refractivity contribution is 5.95. The van der Waals surface area contributed by atoms with Crippen molar-refractivity contribution in [2.45, 2.75) is 32.6 Å². The van der Waals surface area contributed by atoms with Gasteiger partial charge in [0.15, 0.2) is 5.78 Å². The summed E-state index contributed by atoms with van der Waals surface area (Å²) < 4.78 is 5.79. The summed E-state index contributed by atoms with van der Waals surface area (Å²) in [6.07, 6.45) is 3.30. The highest BCUT2D eigenvalue weighted by atomic mass is 16.5. The number of benzene rings is 1. The van der Waals surface area contributed by atoms with E-state index in [0.29, 0.717) is 24.7 Å². The molecule has 0 bridgehead atoms. The van der Waals surface area contributed by atoms with Crippen LogP contribution in [0.3, 0.4) is 0 Å². The number of ether oxygens (including phenoxy) is 1. The predicted octanol–water partition coefficient (Wildman–Crippen LogP) is 3.15. The number of aryl methyl sites for hydroxylation is 1. The summed E-state index contributed by atoms with van der Waals surface area (Å²) in [6, 6.07) is 11.8. The van der Waals surface area contributed by atoms with Gasteiger partial charge in [0.25, 0.3) is 0 Å². The van der Waals surface area contributed by atoms with Gasteiger partial charge in [-0.25, -0.2) is 0 Å². The van der Waals surface area contributed by atoms with Crippen LogP contribution in [-0.2, 0) is 11.2 Å². The van der Waals surface area contributed by atoms with Crippen LogP contribution in [0.4, 0.5) is 11.5 Å². The first-order chi connectivity index (χ1) is 15.1. The van der Waals surface area contributed by atoms with Crippen LogP contribution in [0.15, 0.2) is 36.4 Å². The lowest BCUT2D eigenvalue weighted by Gasteiger charge is -2.36. The molecular formula is C24H30N4O3. The number of anilines is 2. The molecule has 7 heteroatoms. The fourth-order valence-electron chi connectivity index (χ4n) is 4.07. The molecule has 1 aromatic heterocycles. The Morgan fingerprint density at radius 1 is 1.10 bits per heavy atom. The standard InChI is InChI=1S/C24H30N4O3/c1-18(29)20-5-4-6-21(17-20)28-14-12-27(13-15-28)11-2-3-16-31-23-10-8-19-7-9-22(30)25-24(19)26-23/h4-6,8,10,17H,2-3,7,9,11-16H2,1H3,(H,25,26,30). The monoisotopic (exact) mass is 422 g/mol. The smallest absolute Gasteiger partial charge is 0.225 e. The quantitative estimate of drug-likeness (QED) is 0.520. The summed E-state index contributed by atoms with van der Waals surface area (Å²) in [5.41, 5.74) is 2.98. The van der Waals surface area contributed by atoms with Crippen LogP contribution in [-0.4, -0.2) is 60.9 Å². The van der Waals surface area contributed by atoms with Gasteiger partial charge in [-0.3, -0.25) is 14.5 Å². The van der Waals surface area contributed by atoms with Crippen LogP contribution in [0.2, 0.25) is 0 Å². The van der Waals surface area contributed by atoms with Gasteiger partial charge >= 0.3 is 0 Å². The number of rotatable bonds is 8. The molecule has 2 aliphatic rings. The molecule has 0 unspecified atom stereocenters. The first kappa shape index (κ1) is 21.3. The summed E-state index contributed by atoms with van der Waals surface area (Å²) in [5, 5.41) is 2.81. The SMILES string of the molecule is CC(=O)c1cccc(N2CCN(CCCCOc3ccc4c(n3)NC(=O)CC4)CC2)c1. The third kappa shape index (κ3) is 5.61. The first-order valence-electron chi connectivity index (χ1n) is 11.1. The maximum atomic E-state index is 11.6. The third-order valence-corrected chi connectivity index (χ3v) is 5.94. The topological polar surface area (TPSA) is 74.8 Å². The molecule has 2 aromatic rings. The number of ketones is 1. The van der Waals surface area contributed by atoms with Crippen LogP contribution in [0.25, 0.3) is 0 Å². The number of piperazine rings is 1. The molecular weight excluding hydrogens is 392 g/mol. The molecule has 2 aliphatic heterocycles. The Bertz CT molecular complexity index is 938. The molecule has 0 saturated carbocycles. The Balaban J connectivity index is 1.15. The summed E-state index contributed by atoms with van der Waals surface area (Å²) in [7, 11) is 0. The minimum absolute atomic E-state index is 0.0174. The van der Waals surface area contributed by atoms with E-state index in [0.717, 1.165) is 68.8 Å². The Labute approximate surface area is 183 Å². The minimum Gasteiger partial charge on any atom is -0.478 e. The second-order valence-corrected chi connectivity index (χ2v) is 8.20. The summed E-state index contributed by atoms with van der Waals surface area (Å²) >= 11 is 0. The lowest BCUT2D eigenvalue weighted by atomic mass is 10.1. The van der Waals surface area contributed by atoms with Gasteiger partial charge in [0.1, 0.15) is 5.82 Å². The van der Waals surface area contributed by atoms with Crippen molar-refractivity contribution in [2.75, 3.05) is 49.5 Å². The maximum absolute atomic E-state index is 11.6. The lowest BCUT2D eigenvalue weighted by molar-refractivity contribution is -0.116. The van der Waals surface area contributed by atoms with E-state index >= 15 is 0 Å². The van der Waals surface area contributed by atoms with E-state index in [-0.39, 0.29) is 11.7 Å². The molecule has 7 nitrogen and oxygen atoms in total. The minimum atomic E-state index is 0.0174. The van der Waals surface area contributed by atoms with Gasteiger partial charge in [0, 0.05) is 49.9 Å². The van der Waals surface area contributed by atoms with Crippen molar-refractivity contribution in [2.24, 2.45) is 0 Å². The van der Waals surface area contributed by atoms with Crippen molar-refractivity contribution >= 4 is 23.2 Å². The van der Waals surface area contributed by atoms with Crippen molar-refractivity contribution in [3.8, 4) is 5.88 Å². The van der Waals surface area contributed by atoms with Gasteiger partial charge in [0.2, 0.25) is 11.8 Å². The van der Waals surface area contributed by atoms with Crippen LogP contribution in [0.1, 0.15) is 42.1 Å². The van der Waals surface area contributed by atoms with Gasteiger partial charge in [-0.2, -0.15) is 4.98 Å². The van der Waals surface area contributed by atoms with E-state index in [4.69, 9.17) is 4.74 Å². The Morgan fingerprint density at radius 2 is 1.94 bits per heavy atom. The van der Waals surface area contributed by atoms with Gasteiger partial charge in [0.05, 0.1) is 6.61 Å². The Kier molecular flexibility index (Phi) is 6.82. The number of nitrogens with one attached hydrogen (secondary N) is 1. The molecule has 1 saturated heterocycles. The van der Waals surface area contributed by atoms with Gasteiger partial charge in [-0.15, -0.1) is 0 Å². The van der Waals surface area contributed by atoms with E-state index in [2.05, 4.69) is 26.2 Å². The number of aromatic nitrogens is 1. The molecule has 3 heterocycles.